The minimum absolute atomic E-state index is 0.251. The molecule has 18 heavy (non-hydrogen) atoms. The first-order valence-corrected chi connectivity index (χ1v) is 7.07. The van der Waals surface area contributed by atoms with Gasteiger partial charge in [0.2, 0.25) is 0 Å². The van der Waals surface area contributed by atoms with E-state index in [1.165, 1.54) is 12.1 Å². The highest BCUT2D eigenvalue weighted by Crippen LogP contribution is 2.15. The van der Waals surface area contributed by atoms with Crippen LogP contribution in [0.25, 0.3) is 0 Å². The maximum absolute atomic E-state index is 12.7. The normalized spacial score (nSPS) is 10.6. The Labute approximate surface area is 114 Å². The fourth-order valence-electron chi connectivity index (χ4n) is 1.47. The molecule has 0 fully saturated rings. The molecule has 2 nitrogen and oxygen atoms in total. The number of hydrogen-bond acceptors (Lipinski definition) is 3. The quantitative estimate of drug-likeness (QED) is 0.590. The number of nitrogens with zero attached hydrogens (tertiary/aromatic N) is 1. The van der Waals surface area contributed by atoms with Gasteiger partial charge in [-0.3, -0.25) is 0 Å². The summed E-state index contributed by atoms with van der Waals surface area (Å²) in [7, 11) is 0. The molecule has 0 unspecified atom stereocenters. The van der Waals surface area contributed by atoms with Crippen molar-refractivity contribution in [3.8, 4) is 5.75 Å². The number of aromatic nitrogens is 1. The van der Waals surface area contributed by atoms with Gasteiger partial charge in [0.25, 0.3) is 0 Å². The molecule has 96 valence electrons. The highest BCUT2D eigenvalue weighted by Gasteiger charge is 2.01. The molecule has 0 amide bonds. The number of alkyl halides is 1. The van der Waals surface area contributed by atoms with Crippen LogP contribution >= 0.6 is 22.9 Å². The second kappa shape index (κ2) is 6.71. The van der Waals surface area contributed by atoms with Crippen molar-refractivity contribution in [1.82, 2.24) is 4.98 Å². The van der Waals surface area contributed by atoms with Gasteiger partial charge in [-0.15, -0.1) is 22.9 Å². The molecule has 2 aromatic rings. The van der Waals surface area contributed by atoms with Crippen LogP contribution in [0.3, 0.4) is 0 Å². The fraction of sp³-hybridized carbons (Fsp3) is 0.308. The van der Waals surface area contributed by atoms with Crippen molar-refractivity contribution in [2.75, 3.05) is 6.61 Å². The average molecular weight is 286 g/mol. The van der Waals surface area contributed by atoms with E-state index in [-0.39, 0.29) is 5.82 Å². The zero-order chi connectivity index (χ0) is 12.8. The SMILES string of the molecule is Fc1ccc(OCCCc2nc(CCl)cs2)cc1. The van der Waals surface area contributed by atoms with Crippen molar-refractivity contribution >= 4 is 22.9 Å². The smallest absolute Gasteiger partial charge is 0.123 e. The maximum Gasteiger partial charge on any atom is 0.123 e. The van der Waals surface area contributed by atoms with E-state index in [1.807, 2.05) is 5.38 Å². The van der Waals surface area contributed by atoms with E-state index < -0.39 is 0 Å². The van der Waals surface area contributed by atoms with Crippen molar-refractivity contribution < 1.29 is 9.13 Å². The molecule has 0 N–H and O–H groups in total. The number of thiazole rings is 1. The summed E-state index contributed by atoms with van der Waals surface area (Å²) in [6.45, 7) is 0.599. The van der Waals surface area contributed by atoms with Crippen LogP contribution in [0.2, 0.25) is 0 Å². The first-order chi connectivity index (χ1) is 8.78. The number of ether oxygens (including phenoxy) is 1. The molecular weight excluding hydrogens is 273 g/mol. The van der Waals surface area contributed by atoms with E-state index in [2.05, 4.69) is 4.98 Å². The van der Waals surface area contributed by atoms with E-state index >= 15 is 0 Å². The Morgan fingerprint density at radius 1 is 1.28 bits per heavy atom. The summed E-state index contributed by atoms with van der Waals surface area (Å²) < 4.78 is 18.2. The molecule has 1 aromatic carbocycles. The highest BCUT2D eigenvalue weighted by molar-refractivity contribution is 7.09. The Morgan fingerprint density at radius 3 is 2.72 bits per heavy atom. The van der Waals surface area contributed by atoms with Crippen LogP contribution in [-0.2, 0) is 12.3 Å². The second-order valence-corrected chi connectivity index (χ2v) is 4.98. The van der Waals surface area contributed by atoms with Crippen molar-refractivity contribution in [2.45, 2.75) is 18.7 Å². The summed E-state index contributed by atoms with van der Waals surface area (Å²) in [6.07, 6.45) is 1.76. The lowest BCUT2D eigenvalue weighted by atomic mass is 10.3. The summed E-state index contributed by atoms with van der Waals surface area (Å²) in [5.74, 6) is 0.901. The number of halogens is 2. The second-order valence-electron chi connectivity index (χ2n) is 3.77. The zero-order valence-corrected chi connectivity index (χ0v) is 11.3. The number of rotatable bonds is 6. The molecule has 0 spiro atoms. The van der Waals surface area contributed by atoms with E-state index in [4.69, 9.17) is 16.3 Å². The van der Waals surface area contributed by atoms with Gasteiger partial charge in [-0.25, -0.2) is 9.37 Å². The molecule has 0 radical (unpaired) electrons. The van der Waals surface area contributed by atoms with E-state index in [9.17, 15) is 4.39 Å². The molecule has 1 heterocycles. The number of aryl methyl sites for hydroxylation is 1. The van der Waals surface area contributed by atoms with Gasteiger partial charge < -0.3 is 4.74 Å². The van der Waals surface area contributed by atoms with E-state index in [0.29, 0.717) is 18.2 Å². The van der Waals surface area contributed by atoms with Crippen molar-refractivity contribution in [3.63, 3.8) is 0 Å². The van der Waals surface area contributed by atoms with Crippen molar-refractivity contribution in [2.24, 2.45) is 0 Å². The Kier molecular flexibility index (Phi) is 4.96. The molecule has 0 aliphatic rings. The zero-order valence-electron chi connectivity index (χ0n) is 9.73. The molecule has 0 atom stereocenters. The molecule has 5 heteroatoms. The third-order valence-electron chi connectivity index (χ3n) is 2.35. The monoisotopic (exact) mass is 285 g/mol. The first-order valence-electron chi connectivity index (χ1n) is 5.65. The minimum Gasteiger partial charge on any atom is -0.494 e. The molecule has 0 saturated heterocycles. The summed E-state index contributed by atoms with van der Waals surface area (Å²) in [6, 6.07) is 6.04. The third kappa shape index (κ3) is 3.96. The van der Waals surface area contributed by atoms with Gasteiger partial charge >= 0.3 is 0 Å². The molecule has 0 aliphatic heterocycles. The van der Waals surface area contributed by atoms with E-state index in [1.54, 1.807) is 23.5 Å². The summed E-state index contributed by atoms with van der Waals surface area (Å²) in [5, 5.41) is 3.05. The third-order valence-corrected chi connectivity index (χ3v) is 3.58. The van der Waals surface area contributed by atoms with Crippen LogP contribution in [-0.4, -0.2) is 11.6 Å². The maximum atomic E-state index is 12.7. The van der Waals surface area contributed by atoms with Gasteiger partial charge in [0.15, 0.2) is 0 Å². The molecule has 0 aliphatic carbocycles. The lowest BCUT2D eigenvalue weighted by Crippen LogP contribution is -1.99. The standard InChI is InChI=1S/C13H13ClFNOS/c14-8-11-9-18-13(16-11)2-1-7-17-12-5-3-10(15)4-6-12/h3-6,9H,1-2,7-8H2. The van der Waals surface area contributed by atoms with Crippen molar-refractivity contribution in [1.29, 1.82) is 0 Å². The molecule has 0 bridgehead atoms. The summed E-state index contributed by atoms with van der Waals surface area (Å²) in [5.41, 5.74) is 0.927. The number of benzene rings is 1. The average Bonchev–Trinajstić information content (AvgIpc) is 2.85. The van der Waals surface area contributed by atoms with Gasteiger partial charge in [-0.1, -0.05) is 0 Å². The largest absolute Gasteiger partial charge is 0.494 e. The summed E-state index contributed by atoms with van der Waals surface area (Å²) >= 11 is 7.30. The number of hydrogen-bond donors (Lipinski definition) is 0. The van der Waals surface area contributed by atoms with Gasteiger partial charge in [-0.2, -0.15) is 0 Å². The predicted octanol–water partition coefficient (Wildman–Crippen LogP) is 4.03. The fourth-order valence-corrected chi connectivity index (χ4v) is 2.54. The highest BCUT2D eigenvalue weighted by atomic mass is 35.5. The lowest BCUT2D eigenvalue weighted by Gasteiger charge is -2.04. The predicted molar refractivity (Wildman–Crippen MR) is 71.9 cm³/mol. The first kappa shape index (κ1) is 13.3. The molecule has 1 aromatic heterocycles. The van der Waals surface area contributed by atoms with Gasteiger partial charge in [0, 0.05) is 11.8 Å². The Balaban J connectivity index is 1.71. The molecular formula is C13H13ClFNOS. The van der Waals surface area contributed by atoms with Crippen LogP contribution in [0.5, 0.6) is 5.75 Å². The Hall–Kier alpha value is -1.13. The summed E-state index contributed by atoms with van der Waals surface area (Å²) in [4.78, 5) is 4.37. The van der Waals surface area contributed by atoms with Gasteiger partial charge in [-0.05, 0) is 30.7 Å². The molecule has 0 saturated carbocycles. The van der Waals surface area contributed by atoms with Crippen LogP contribution in [0, 0.1) is 5.82 Å². The minimum atomic E-state index is -0.251. The van der Waals surface area contributed by atoms with Gasteiger partial charge in [0.1, 0.15) is 11.6 Å². The van der Waals surface area contributed by atoms with E-state index in [0.717, 1.165) is 23.5 Å². The van der Waals surface area contributed by atoms with Gasteiger partial charge in [0.05, 0.1) is 23.2 Å². The van der Waals surface area contributed by atoms with Crippen LogP contribution in [0.1, 0.15) is 17.1 Å². The topological polar surface area (TPSA) is 22.1 Å². The Morgan fingerprint density at radius 2 is 2.06 bits per heavy atom. The van der Waals surface area contributed by atoms with Crippen LogP contribution < -0.4 is 4.74 Å². The van der Waals surface area contributed by atoms with Crippen molar-refractivity contribution in [3.05, 3.63) is 46.2 Å². The lowest BCUT2D eigenvalue weighted by molar-refractivity contribution is 0.310. The van der Waals surface area contributed by atoms with Crippen LogP contribution in [0.4, 0.5) is 4.39 Å². The van der Waals surface area contributed by atoms with Crippen LogP contribution in [0.15, 0.2) is 29.6 Å². The molecule has 2 rings (SSSR count). The Bertz CT molecular complexity index is 486.